The molecule has 0 radical (unpaired) electrons. The highest BCUT2D eigenvalue weighted by atomic mass is 79.9. The summed E-state index contributed by atoms with van der Waals surface area (Å²) in [5.41, 5.74) is 4.29. The number of H-pyrrole nitrogens is 1. The number of hydrogen-bond acceptors (Lipinski definition) is 2. The highest BCUT2D eigenvalue weighted by molar-refractivity contribution is 9.11. The second kappa shape index (κ2) is 6.14. The van der Waals surface area contributed by atoms with Gasteiger partial charge in [0.2, 0.25) is 0 Å². The molecule has 0 bridgehead atoms. The number of aromatic amines is 1. The predicted octanol–water partition coefficient (Wildman–Crippen LogP) is 6.23. The molecular weight excluding hydrogens is 368 g/mol. The lowest BCUT2D eigenvalue weighted by molar-refractivity contribution is 1.33. The van der Waals surface area contributed by atoms with Crippen LogP contribution >= 0.6 is 27.3 Å². The number of nitrogens with one attached hydrogen (secondary N) is 1. The van der Waals surface area contributed by atoms with Gasteiger partial charge in [-0.15, -0.1) is 11.3 Å². The highest BCUT2D eigenvalue weighted by Gasteiger charge is 2.15. The molecule has 0 saturated heterocycles. The lowest BCUT2D eigenvalue weighted by atomic mass is 10.1. The standard InChI is InChI=1S/C19H13BrN2S/c20-16-12-11-15(23-16)19-21-17(13-7-3-1-4-8-13)18(22-19)14-9-5-2-6-10-14/h1-12H,(H,21,22). The topological polar surface area (TPSA) is 28.7 Å². The van der Waals surface area contributed by atoms with E-state index in [9.17, 15) is 0 Å². The van der Waals surface area contributed by atoms with Crippen LogP contribution in [-0.4, -0.2) is 9.97 Å². The Morgan fingerprint density at radius 3 is 2.04 bits per heavy atom. The van der Waals surface area contributed by atoms with Gasteiger partial charge in [0.05, 0.1) is 20.1 Å². The van der Waals surface area contributed by atoms with Crippen molar-refractivity contribution in [3.8, 4) is 33.2 Å². The van der Waals surface area contributed by atoms with E-state index in [0.717, 1.165) is 37.0 Å². The molecule has 2 heterocycles. The first-order chi connectivity index (χ1) is 11.3. The van der Waals surface area contributed by atoms with Crippen LogP contribution in [0.4, 0.5) is 0 Å². The first-order valence-corrected chi connectivity index (χ1v) is 8.89. The van der Waals surface area contributed by atoms with Crippen molar-refractivity contribution >= 4 is 27.3 Å². The largest absolute Gasteiger partial charge is 0.337 e. The summed E-state index contributed by atoms with van der Waals surface area (Å²) in [5, 5.41) is 0. The minimum Gasteiger partial charge on any atom is -0.337 e. The Morgan fingerprint density at radius 2 is 1.43 bits per heavy atom. The molecular formula is C19H13BrN2S. The number of imidazole rings is 1. The van der Waals surface area contributed by atoms with Crippen LogP contribution in [0.5, 0.6) is 0 Å². The quantitative estimate of drug-likeness (QED) is 0.447. The van der Waals surface area contributed by atoms with Crippen LogP contribution in [0.25, 0.3) is 33.2 Å². The first-order valence-electron chi connectivity index (χ1n) is 7.28. The predicted molar refractivity (Wildman–Crippen MR) is 100 cm³/mol. The van der Waals surface area contributed by atoms with E-state index in [1.165, 1.54) is 0 Å². The molecule has 2 aromatic carbocycles. The molecule has 4 heteroatoms. The molecule has 0 aliphatic heterocycles. The van der Waals surface area contributed by atoms with Crippen molar-refractivity contribution in [3.63, 3.8) is 0 Å². The molecule has 0 unspecified atom stereocenters. The molecule has 0 spiro atoms. The summed E-state index contributed by atoms with van der Waals surface area (Å²) in [6.07, 6.45) is 0. The molecule has 4 aromatic rings. The summed E-state index contributed by atoms with van der Waals surface area (Å²) in [6, 6.07) is 24.8. The lowest BCUT2D eigenvalue weighted by Crippen LogP contribution is -1.82. The fourth-order valence-electron chi connectivity index (χ4n) is 2.55. The Balaban J connectivity index is 1.91. The van der Waals surface area contributed by atoms with Gasteiger partial charge in [-0.2, -0.15) is 0 Å². The number of nitrogens with zero attached hydrogens (tertiary/aromatic N) is 1. The third-order valence-electron chi connectivity index (χ3n) is 3.62. The number of hydrogen-bond donors (Lipinski definition) is 1. The Labute approximate surface area is 147 Å². The van der Waals surface area contributed by atoms with Gasteiger partial charge >= 0.3 is 0 Å². The third-order valence-corrected chi connectivity index (χ3v) is 5.25. The third kappa shape index (κ3) is 2.87. The number of benzene rings is 2. The Morgan fingerprint density at radius 1 is 0.783 bits per heavy atom. The van der Waals surface area contributed by atoms with Gasteiger partial charge < -0.3 is 4.98 Å². The average Bonchev–Trinajstić information content (AvgIpc) is 3.23. The maximum atomic E-state index is 4.87. The van der Waals surface area contributed by atoms with Gasteiger partial charge in [0.15, 0.2) is 0 Å². The van der Waals surface area contributed by atoms with E-state index >= 15 is 0 Å². The van der Waals surface area contributed by atoms with Crippen LogP contribution < -0.4 is 0 Å². The van der Waals surface area contributed by atoms with E-state index < -0.39 is 0 Å². The van der Waals surface area contributed by atoms with Crippen molar-refractivity contribution < 1.29 is 0 Å². The van der Waals surface area contributed by atoms with E-state index in [2.05, 4.69) is 51.2 Å². The van der Waals surface area contributed by atoms with Crippen molar-refractivity contribution in [1.82, 2.24) is 9.97 Å². The zero-order chi connectivity index (χ0) is 15.6. The SMILES string of the molecule is Brc1ccc(-c2nc(-c3ccccc3)c(-c3ccccc3)[nH]2)s1. The zero-order valence-electron chi connectivity index (χ0n) is 12.2. The molecule has 0 fully saturated rings. The van der Waals surface area contributed by atoms with Gasteiger partial charge in [0, 0.05) is 11.1 Å². The molecule has 4 rings (SSSR count). The van der Waals surface area contributed by atoms with Crippen LogP contribution in [0, 0.1) is 0 Å². The molecule has 0 saturated carbocycles. The highest BCUT2D eigenvalue weighted by Crippen LogP contribution is 2.36. The number of aromatic nitrogens is 2. The van der Waals surface area contributed by atoms with E-state index in [-0.39, 0.29) is 0 Å². The molecule has 2 nitrogen and oxygen atoms in total. The zero-order valence-corrected chi connectivity index (χ0v) is 14.6. The summed E-state index contributed by atoms with van der Waals surface area (Å²) in [4.78, 5) is 9.50. The second-order valence-electron chi connectivity index (χ2n) is 5.14. The van der Waals surface area contributed by atoms with Gasteiger partial charge in [-0.1, -0.05) is 60.7 Å². The number of rotatable bonds is 3. The summed E-state index contributed by atoms with van der Waals surface area (Å²) >= 11 is 5.20. The Bertz CT molecular complexity index is 869. The molecule has 0 aliphatic carbocycles. The maximum Gasteiger partial charge on any atom is 0.148 e. The monoisotopic (exact) mass is 380 g/mol. The molecule has 0 atom stereocenters. The minimum absolute atomic E-state index is 0.901. The molecule has 23 heavy (non-hydrogen) atoms. The fourth-order valence-corrected chi connectivity index (χ4v) is 3.88. The molecule has 2 aromatic heterocycles. The van der Waals surface area contributed by atoms with Crippen LogP contribution in [0.15, 0.2) is 76.6 Å². The molecule has 1 N–H and O–H groups in total. The van der Waals surface area contributed by atoms with Crippen LogP contribution in [-0.2, 0) is 0 Å². The van der Waals surface area contributed by atoms with E-state index in [1.807, 2.05) is 42.5 Å². The normalized spacial score (nSPS) is 10.8. The van der Waals surface area contributed by atoms with Crippen LogP contribution in [0.2, 0.25) is 0 Å². The van der Waals surface area contributed by atoms with E-state index in [1.54, 1.807) is 11.3 Å². The maximum absolute atomic E-state index is 4.87. The number of thiophene rings is 1. The lowest BCUT2D eigenvalue weighted by Gasteiger charge is -2.02. The van der Waals surface area contributed by atoms with Gasteiger partial charge in [-0.25, -0.2) is 4.98 Å². The van der Waals surface area contributed by atoms with E-state index in [4.69, 9.17) is 4.98 Å². The first kappa shape index (κ1) is 14.4. The summed E-state index contributed by atoms with van der Waals surface area (Å²) in [5.74, 6) is 0.901. The van der Waals surface area contributed by atoms with Crippen molar-refractivity contribution in [3.05, 3.63) is 76.6 Å². The average molecular weight is 381 g/mol. The fraction of sp³-hybridized carbons (Fsp3) is 0. The smallest absolute Gasteiger partial charge is 0.148 e. The molecule has 112 valence electrons. The molecule has 0 amide bonds. The second-order valence-corrected chi connectivity index (χ2v) is 7.61. The van der Waals surface area contributed by atoms with Crippen LogP contribution in [0.3, 0.4) is 0 Å². The Kier molecular flexibility index (Phi) is 3.85. The van der Waals surface area contributed by atoms with Gasteiger partial charge in [-0.3, -0.25) is 0 Å². The summed E-state index contributed by atoms with van der Waals surface area (Å²) in [6.45, 7) is 0. The van der Waals surface area contributed by atoms with Gasteiger partial charge in [0.1, 0.15) is 5.82 Å². The van der Waals surface area contributed by atoms with Gasteiger partial charge in [-0.05, 0) is 28.1 Å². The van der Waals surface area contributed by atoms with Crippen LogP contribution in [0.1, 0.15) is 0 Å². The molecule has 0 aliphatic rings. The Hall–Kier alpha value is -2.17. The summed E-state index contributed by atoms with van der Waals surface area (Å²) < 4.78 is 1.10. The van der Waals surface area contributed by atoms with Crippen molar-refractivity contribution in [2.24, 2.45) is 0 Å². The van der Waals surface area contributed by atoms with Gasteiger partial charge in [0.25, 0.3) is 0 Å². The van der Waals surface area contributed by atoms with Crippen molar-refractivity contribution in [2.75, 3.05) is 0 Å². The number of halogens is 1. The van der Waals surface area contributed by atoms with Crippen molar-refractivity contribution in [1.29, 1.82) is 0 Å². The van der Waals surface area contributed by atoms with Crippen molar-refractivity contribution in [2.45, 2.75) is 0 Å². The van der Waals surface area contributed by atoms with E-state index in [0.29, 0.717) is 0 Å². The summed E-state index contributed by atoms with van der Waals surface area (Å²) in [7, 11) is 0. The minimum atomic E-state index is 0.901.